The minimum Gasteiger partial charge on any atom is -0.508 e. The number of carbonyl (C=O) groups is 3. The SMILES string of the molecule is C#Cc1c(F)ccc2cc(O)cc(-c3ncc4c(N5CC6CCC(C5)N6)nc(OC[C@]56CCCN5[C@H](COC(=O)N5CC(Oc7cc([C@@H](C(=O)N8CCC[C@H]8C(=O)N[C@@H](C)c8ccc(-c9scnc9C)cc8)C(C)C)on7)C5)CC6)nc4c3F)c12. The van der Waals surface area contributed by atoms with Crippen LogP contribution in [0.2, 0.25) is 0 Å². The summed E-state index contributed by atoms with van der Waals surface area (Å²) >= 11 is 1.59. The predicted octanol–water partition coefficient (Wildman–Crippen LogP) is 9.05. The number of hydrogen-bond donors (Lipinski definition) is 3. The Kier molecular flexibility index (Phi) is 15.0. The van der Waals surface area contributed by atoms with Gasteiger partial charge in [-0.3, -0.25) is 19.5 Å². The third kappa shape index (κ3) is 10.6. The second kappa shape index (κ2) is 22.8. The summed E-state index contributed by atoms with van der Waals surface area (Å²) in [5, 5.41) is 22.8. The fraction of sp³-hybridized carbons (Fsp3) is 0.460. The van der Waals surface area contributed by atoms with E-state index in [4.69, 9.17) is 35.1 Å². The zero-order valence-corrected chi connectivity index (χ0v) is 48.7. The van der Waals surface area contributed by atoms with Gasteiger partial charge in [0.25, 0.3) is 5.88 Å². The first-order valence-corrected chi connectivity index (χ1v) is 30.3. The number of carbonyl (C=O) groups excluding carboxylic acids is 3. The molecule has 442 valence electrons. The zero-order chi connectivity index (χ0) is 58.8. The summed E-state index contributed by atoms with van der Waals surface area (Å²) < 4.78 is 56.9. The number of nitrogens with zero attached hydrogens (tertiary/aromatic N) is 9. The second-order valence-electron chi connectivity index (χ2n) is 24.0. The number of aryl methyl sites for hydroxylation is 1. The topological polar surface area (TPSA) is 214 Å². The van der Waals surface area contributed by atoms with E-state index in [-0.39, 0.29) is 120 Å². The van der Waals surface area contributed by atoms with Crippen LogP contribution in [0.3, 0.4) is 0 Å². The number of benzene rings is 3. The van der Waals surface area contributed by atoms with Crippen LogP contribution < -0.4 is 25.0 Å². The van der Waals surface area contributed by atoms with Crippen molar-refractivity contribution in [1.82, 2.24) is 50.4 Å². The van der Waals surface area contributed by atoms with Gasteiger partial charge in [-0.15, -0.1) is 17.8 Å². The number of thiazole rings is 1. The molecular weight excluding hydrogens is 1110 g/mol. The molecule has 3 aromatic carbocycles. The van der Waals surface area contributed by atoms with E-state index < -0.39 is 35.2 Å². The van der Waals surface area contributed by atoms with Crippen LogP contribution in [0.1, 0.15) is 107 Å². The molecule has 0 aliphatic carbocycles. The fourth-order valence-corrected chi connectivity index (χ4v) is 14.7. The van der Waals surface area contributed by atoms with Gasteiger partial charge in [0.15, 0.2) is 11.6 Å². The number of likely N-dealkylation sites (tertiary alicyclic amines) is 2. The molecule has 85 heavy (non-hydrogen) atoms. The van der Waals surface area contributed by atoms with Crippen molar-refractivity contribution >= 4 is 56.7 Å². The molecule has 6 fully saturated rings. The molecule has 10 heterocycles. The van der Waals surface area contributed by atoms with Crippen molar-refractivity contribution in [2.45, 2.75) is 127 Å². The van der Waals surface area contributed by atoms with Crippen LogP contribution >= 0.6 is 11.3 Å². The molecule has 0 saturated carbocycles. The van der Waals surface area contributed by atoms with Crippen LogP contribution in [-0.2, 0) is 14.3 Å². The van der Waals surface area contributed by atoms with Crippen molar-refractivity contribution in [1.29, 1.82) is 0 Å². The van der Waals surface area contributed by atoms with E-state index in [0.717, 1.165) is 66.8 Å². The molecule has 7 atom stereocenters. The van der Waals surface area contributed by atoms with Gasteiger partial charge in [-0.2, -0.15) is 9.97 Å². The molecule has 0 spiro atoms. The number of hydrogen-bond acceptors (Lipinski definition) is 17. The number of aromatic nitrogens is 5. The highest BCUT2D eigenvalue weighted by Crippen LogP contribution is 2.44. The molecule has 19 nitrogen and oxygen atoms in total. The molecule has 6 saturated heterocycles. The van der Waals surface area contributed by atoms with E-state index in [1.54, 1.807) is 27.2 Å². The van der Waals surface area contributed by atoms with Crippen LogP contribution in [0.25, 0.3) is 43.4 Å². The molecule has 7 aromatic rings. The van der Waals surface area contributed by atoms with Gasteiger partial charge >= 0.3 is 12.1 Å². The standard InChI is InChI=1S/C63H67F2N11O8S/c1-6-45-48(64)17-14-39-23-43(77)24-46(53(39)45)55-54(65)56-47(26-66-55)58(73-27-40-15-16-41(28-73)69-40)71-61(70-56)82-32-63-19-8-22-76(63)42(18-20-63)31-81-62(80)74-29-44(30-74)83-51-25-50(84-72-51)52(34(2)3)60(79)75-21-7-9-49(75)59(78)68-35(4)37-10-12-38(13-11-37)57-36(5)67-33-85-57/h1,10-14,17,23-26,33-35,40-42,44,49,52,69,77H,7-9,15-16,18-22,27-32H2,2-5H3,(H,68,78)/t35-,40?,41?,42-,49-,52-,63+/m0/s1. The number of amides is 3. The summed E-state index contributed by atoms with van der Waals surface area (Å²) in [4.78, 5) is 69.0. The number of phenolic OH excluding ortho intramolecular Hbond substituents is 1. The zero-order valence-electron chi connectivity index (χ0n) is 47.9. The van der Waals surface area contributed by atoms with Gasteiger partial charge in [0.05, 0.1) is 51.7 Å². The Morgan fingerprint density at radius 3 is 2.52 bits per heavy atom. The van der Waals surface area contributed by atoms with Gasteiger partial charge in [0.1, 0.15) is 59.9 Å². The van der Waals surface area contributed by atoms with Crippen molar-refractivity contribution in [2.24, 2.45) is 5.92 Å². The average Bonchev–Trinajstić information content (AvgIpc) is 1.87. The maximum atomic E-state index is 17.3. The minimum atomic E-state index is -0.787. The number of fused-ring (bicyclic) bond motifs is 5. The van der Waals surface area contributed by atoms with E-state index in [0.29, 0.717) is 54.8 Å². The van der Waals surface area contributed by atoms with E-state index in [2.05, 4.69) is 41.5 Å². The lowest BCUT2D eigenvalue weighted by molar-refractivity contribution is -0.141. The van der Waals surface area contributed by atoms with Crippen molar-refractivity contribution in [3.05, 3.63) is 101 Å². The maximum Gasteiger partial charge on any atom is 0.410 e. The summed E-state index contributed by atoms with van der Waals surface area (Å²) in [6.45, 7) is 11.3. The van der Waals surface area contributed by atoms with E-state index in [1.807, 2.05) is 57.5 Å². The van der Waals surface area contributed by atoms with Crippen molar-refractivity contribution in [3.8, 4) is 51.7 Å². The highest BCUT2D eigenvalue weighted by Gasteiger charge is 2.51. The lowest BCUT2D eigenvalue weighted by Crippen LogP contribution is -2.56. The summed E-state index contributed by atoms with van der Waals surface area (Å²) in [5.74, 6) is 0.569. The lowest BCUT2D eigenvalue weighted by Gasteiger charge is -2.38. The number of rotatable bonds is 16. The number of terminal acetylenes is 1. The van der Waals surface area contributed by atoms with Gasteiger partial charge in [0, 0.05) is 61.0 Å². The van der Waals surface area contributed by atoms with Crippen LogP contribution in [0.5, 0.6) is 17.6 Å². The maximum absolute atomic E-state index is 17.3. The summed E-state index contributed by atoms with van der Waals surface area (Å²) in [6.07, 6.45) is 13.0. The van der Waals surface area contributed by atoms with Crippen molar-refractivity contribution in [3.63, 3.8) is 0 Å². The van der Waals surface area contributed by atoms with Gasteiger partial charge < -0.3 is 49.2 Å². The second-order valence-corrected chi connectivity index (χ2v) is 24.9. The number of halogens is 2. The molecule has 6 aliphatic heterocycles. The van der Waals surface area contributed by atoms with Crippen molar-refractivity contribution in [2.75, 3.05) is 57.4 Å². The summed E-state index contributed by atoms with van der Waals surface area (Å²) in [5.41, 5.74) is 4.33. The van der Waals surface area contributed by atoms with Gasteiger partial charge in [-0.25, -0.2) is 18.6 Å². The fourth-order valence-electron chi connectivity index (χ4n) is 13.9. The Labute approximate surface area is 494 Å². The quantitative estimate of drug-likeness (QED) is 0.0770. The minimum absolute atomic E-state index is 0.00489. The molecule has 22 heteroatoms. The average molecular weight is 1180 g/mol. The van der Waals surface area contributed by atoms with Crippen LogP contribution in [0, 0.1) is 36.8 Å². The number of nitrogens with one attached hydrogen (secondary N) is 2. The number of aromatic hydroxyl groups is 1. The first-order valence-electron chi connectivity index (χ1n) is 29.5. The summed E-state index contributed by atoms with van der Waals surface area (Å²) in [6, 6.07) is 14.8. The highest BCUT2D eigenvalue weighted by atomic mass is 32.1. The number of ether oxygens (including phenoxy) is 3. The number of piperazine rings is 1. The normalized spacial score (nSPS) is 22.9. The van der Waals surface area contributed by atoms with Crippen LogP contribution in [0.4, 0.5) is 19.4 Å². The third-order valence-corrected chi connectivity index (χ3v) is 19.2. The molecule has 13 rings (SSSR count). The monoisotopic (exact) mass is 1180 g/mol. The van der Waals surface area contributed by atoms with Crippen molar-refractivity contribution < 1.29 is 47.0 Å². The van der Waals surface area contributed by atoms with Gasteiger partial charge in [-0.1, -0.05) is 50.1 Å². The number of pyridine rings is 1. The largest absolute Gasteiger partial charge is 0.508 e. The molecule has 0 radical (unpaired) electrons. The Morgan fingerprint density at radius 1 is 0.965 bits per heavy atom. The van der Waals surface area contributed by atoms with E-state index >= 15 is 8.78 Å². The molecular formula is C63H67F2N11O8S. The molecule has 2 bridgehead atoms. The first kappa shape index (κ1) is 56.1. The molecule has 3 N–H and O–H groups in total. The Bertz CT molecular complexity index is 3760. The Morgan fingerprint density at radius 2 is 1.76 bits per heavy atom. The Hall–Kier alpha value is -8.00. The number of anilines is 1. The van der Waals surface area contributed by atoms with E-state index in [9.17, 15) is 19.5 Å². The Balaban J connectivity index is 0.626. The third-order valence-electron chi connectivity index (χ3n) is 18.3. The van der Waals surface area contributed by atoms with Gasteiger partial charge in [-0.05, 0) is 118 Å². The van der Waals surface area contributed by atoms with Crippen LogP contribution in [0.15, 0.2) is 70.8 Å². The number of phenols is 1. The molecule has 2 unspecified atom stereocenters. The van der Waals surface area contributed by atoms with E-state index in [1.165, 1.54) is 30.5 Å². The lowest BCUT2D eigenvalue weighted by atomic mass is 9.91. The first-order chi connectivity index (χ1) is 41.1. The van der Waals surface area contributed by atoms with Gasteiger partial charge in [0.2, 0.25) is 11.8 Å². The molecule has 4 aromatic heterocycles. The predicted molar refractivity (Wildman–Crippen MR) is 314 cm³/mol. The molecule has 3 amide bonds. The smallest absolute Gasteiger partial charge is 0.410 e. The highest BCUT2D eigenvalue weighted by molar-refractivity contribution is 7.13. The molecule has 6 aliphatic rings. The summed E-state index contributed by atoms with van der Waals surface area (Å²) in [7, 11) is 0. The van der Waals surface area contributed by atoms with Crippen LogP contribution in [-0.4, -0.2) is 151 Å².